The number of methoxy groups -OCH3 is 1. The topological polar surface area (TPSA) is 21.6 Å². The summed E-state index contributed by atoms with van der Waals surface area (Å²) in [5.74, 6) is 0.784. The van der Waals surface area contributed by atoms with Crippen LogP contribution in [0.3, 0.4) is 0 Å². The molecular formula is C15H13BrClNO. The number of halogens is 2. The molecule has 2 rings (SSSR count). The number of ether oxygens (including phenoxy) is 1. The highest BCUT2D eigenvalue weighted by molar-refractivity contribution is 9.10. The van der Waals surface area contributed by atoms with Crippen LogP contribution >= 0.6 is 27.5 Å². The molecule has 0 fully saturated rings. The van der Waals surface area contributed by atoms with E-state index in [1.165, 1.54) is 0 Å². The van der Waals surface area contributed by atoms with E-state index in [2.05, 4.69) is 20.9 Å². The van der Waals surface area contributed by atoms with Gasteiger partial charge in [-0.1, -0.05) is 33.6 Å². The maximum Gasteiger partial charge on any atom is 0.127 e. The molecule has 0 aliphatic carbocycles. The smallest absolute Gasteiger partial charge is 0.127 e. The molecule has 98 valence electrons. The second kappa shape index (κ2) is 6.22. The van der Waals surface area contributed by atoms with Gasteiger partial charge in [-0.15, -0.1) is 0 Å². The van der Waals surface area contributed by atoms with E-state index in [1.807, 2.05) is 43.3 Å². The van der Waals surface area contributed by atoms with E-state index in [-0.39, 0.29) is 0 Å². The van der Waals surface area contributed by atoms with Gasteiger partial charge in [0, 0.05) is 21.3 Å². The molecule has 0 N–H and O–H groups in total. The largest absolute Gasteiger partial charge is 0.496 e. The van der Waals surface area contributed by atoms with Crippen molar-refractivity contribution in [1.82, 2.24) is 0 Å². The van der Waals surface area contributed by atoms with Gasteiger partial charge in [0.2, 0.25) is 0 Å². The van der Waals surface area contributed by atoms with Crippen LogP contribution in [0.25, 0.3) is 0 Å². The Morgan fingerprint density at radius 1 is 1.21 bits per heavy atom. The molecule has 2 nitrogen and oxygen atoms in total. The van der Waals surface area contributed by atoms with Crippen molar-refractivity contribution in [1.29, 1.82) is 0 Å². The normalized spacial score (nSPS) is 10.9. The number of aliphatic imine (C=N–C) groups is 1. The summed E-state index contributed by atoms with van der Waals surface area (Å²) in [7, 11) is 1.64. The molecule has 0 aliphatic rings. The fourth-order valence-corrected chi connectivity index (χ4v) is 2.21. The SMILES string of the molecule is COc1ccc(Br)cc1C=Nc1cc(Cl)ccc1C. The first kappa shape index (κ1) is 14.1. The molecule has 0 atom stereocenters. The van der Waals surface area contributed by atoms with Crippen LogP contribution in [0.2, 0.25) is 5.02 Å². The first-order valence-corrected chi connectivity index (χ1v) is 6.91. The molecule has 19 heavy (non-hydrogen) atoms. The average Bonchev–Trinajstić information content (AvgIpc) is 2.40. The summed E-state index contributed by atoms with van der Waals surface area (Å²) in [6, 6.07) is 11.4. The molecule has 0 bridgehead atoms. The Balaban J connectivity index is 2.37. The third-order valence-electron chi connectivity index (χ3n) is 2.71. The number of aryl methyl sites for hydroxylation is 1. The summed E-state index contributed by atoms with van der Waals surface area (Å²) in [5.41, 5.74) is 2.85. The number of hydrogen-bond acceptors (Lipinski definition) is 2. The molecule has 0 spiro atoms. The van der Waals surface area contributed by atoms with Gasteiger partial charge in [0.25, 0.3) is 0 Å². The summed E-state index contributed by atoms with van der Waals surface area (Å²) in [4.78, 5) is 4.48. The van der Waals surface area contributed by atoms with Gasteiger partial charge < -0.3 is 4.74 Å². The van der Waals surface area contributed by atoms with Gasteiger partial charge in [-0.3, -0.25) is 4.99 Å². The van der Waals surface area contributed by atoms with E-state index in [4.69, 9.17) is 16.3 Å². The number of rotatable bonds is 3. The Bertz CT molecular complexity index is 626. The number of nitrogens with zero attached hydrogens (tertiary/aromatic N) is 1. The lowest BCUT2D eigenvalue weighted by Gasteiger charge is -2.05. The Morgan fingerprint density at radius 2 is 2.00 bits per heavy atom. The molecule has 2 aromatic carbocycles. The lowest BCUT2D eigenvalue weighted by atomic mass is 10.2. The van der Waals surface area contributed by atoms with Crippen molar-refractivity contribution >= 4 is 39.4 Å². The van der Waals surface area contributed by atoms with Crippen molar-refractivity contribution < 1.29 is 4.74 Å². The summed E-state index contributed by atoms with van der Waals surface area (Å²) in [6.07, 6.45) is 1.78. The minimum absolute atomic E-state index is 0.680. The third kappa shape index (κ3) is 3.58. The average molecular weight is 339 g/mol. The minimum atomic E-state index is 0.680. The predicted octanol–water partition coefficient (Wildman–Crippen LogP) is 5.17. The lowest BCUT2D eigenvalue weighted by molar-refractivity contribution is 0.414. The standard InChI is InChI=1S/C15H13BrClNO/c1-10-3-5-13(17)8-14(10)18-9-11-7-12(16)4-6-15(11)19-2/h3-9H,1-2H3. The molecule has 0 amide bonds. The van der Waals surface area contributed by atoms with E-state index >= 15 is 0 Å². The summed E-state index contributed by atoms with van der Waals surface area (Å²) >= 11 is 9.42. The van der Waals surface area contributed by atoms with E-state index in [9.17, 15) is 0 Å². The molecule has 0 saturated heterocycles. The third-order valence-corrected chi connectivity index (χ3v) is 3.43. The van der Waals surface area contributed by atoms with Crippen molar-refractivity contribution in [3.8, 4) is 5.75 Å². The highest BCUT2D eigenvalue weighted by Crippen LogP contribution is 2.25. The fourth-order valence-electron chi connectivity index (χ4n) is 1.67. The van der Waals surface area contributed by atoms with Crippen LogP contribution < -0.4 is 4.74 Å². The van der Waals surface area contributed by atoms with Gasteiger partial charge >= 0.3 is 0 Å². The van der Waals surface area contributed by atoms with Gasteiger partial charge in [0.05, 0.1) is 12.8 Å². The highest BCUT2D eigenvalue weighted by Gasteiger charge is 2.02. The predicted molar refractivity (Wildman–Crippen MR) is 84.1 cm³/mol. The lowest BCUT2D eigenvalue weighted by Crippen LogP contribution is -1.90. The molecule has 0 unspecified atom stereocenters. The van der Waals surface area contributed by atoms with Gasteiger partial charge in [0.15, 0.2) is 0 Å². The molecular weight excluding hydrogens is 326 g/mol. The maximum atomic E-state index is 5.98. The van der Waals surface area contributed by atoms with Crippen molar-refractivity contribution in [2.45, 2.75) is 6.92 Å². The molecule has 0 radical (unpaired) electrons. The molecule has 0 aliphatic heterocycles. The van der Waals surface area contributed by atoms with Crippen LogP contribution in [-0.2, 0) is 0 Å². The summed E-state index contributed by atoms with van der Waals surface area (Å²) in [6.45, 7) is 2.00. The van der Waals surface area contributed by atoms with Crippen molar-refractivity contribution in [3.63, 3.8) is 0 Å². The summed E-state index contributed by atoms with van der Waals surface area (Å²) < 4.78 is 6.29. The Hall–Kier alpha value is -1.32. The van der Waals surface area contributed by atoms with Gasteiger partial charge in [-0.2, -0.15) is 0 Å². The number of hydrogen-bond donors (Lipinski definition) is 0. The summed E-state index contributed by atoms with van der Waals surface area (Å²) in [5, 5.41) is 0.680. The molecule has 0 heterocycles. The Labute approximate surface area is 126 Å². The highest BCUT2D eigenvalue weighted by atomic mass is 79.9. The Morgan fingerprint density at radius 3 is 2.74 bits per heavy atom. The zero-order chi connectivity index (χ0) is 13.8. The van der Waals surface area contributed by atoms with Gasteiger partial charge in [-0.25, -0.2) is 0 Å². The van der Waals surface area contributed by atoms with Crippen LogP contribution in [0.5, 0.6) is 5.75 Å². The van der Waals surface area contributed by atoms with Crippen LogP contribution in [0.1, 0.15) is 11.1 Å². The zero-order valence-corrected chi connectivity index (χ0v) is 13.0. The molecule has 0 aromatic heterocycles. The van der Waals surface area contributed by atoms with Crippen molar-refractivity contribution in [3.05, 3.63) is 57.0 Å². The van der Waals surface area contributed by atoms with Crippen LogP contribution in [0, 0.1) is 6.92 Å². The number of benzene rings is 2. The second-order valence-corrected chi connectivity index (χ2v) is 5.43. The molecule has 0 saturated carbocycles. The van der Waals surface area contributed by atoms with Crippen molar-refractivity contribution in [2.24, 2.45) is 4.99 Å². The van der Waals surface area contributed by atoms with Crippen LogP contribution in [0.15, 0.2) is 45.9 Å². The van der Waals surface area contributed by atoms with E-state index in [0.717, 1.165) is 27.0 Å². The van der Waals surface area contributed by atoms with E-state index in [1.54, 1.807) is 13.3 Å². The van der Waals surface area contributed by atoms with Gasteiger partial charge in [-0.05, 0) is 42.8 Å². The fraction of sp³-hybridized carbons (Fsp3) is 0.133. The quantitative estimate of drug-likeness (QED) is 0.707. The van der Waals surface area contributed by atoms with Crippen molar-refractivity contribution in [2.75, 3.05) is 7.11 Å². The zero-order valence-electron chi connectivity index (χ0n) is 10.7. The Kier molecular flexibility index (Phi) is 4.61. The monoisotopic (exact) mass is 337 g/mol. The first-order chi connectivity index (χ1) is 9.10. The maximum absolute atomic E-state index is 5.98. The molecule has 4 heteroatoms. The van der Waals surface area contributed by atoms with Crippen LogP contribution in [0.4, 0.5) is 5.69 Å². The van der Waals surface area contributed by atoms with E-state index in [0.29, 0.717) is 5.02 Å². The van der Waals surface area contributed by atoms with Crippen LogP contribution in [-0.4, -0.2) is 13.3 Å². The van der Waals surface area contributed by atoms with E-state index < -0.39 is 0 Å². The molecule has 2 aromatic rings. The second-order valence-electron chi connectivity index (χ2n) is 4.08. The first-order valence-electron chi connectivity index (χ1n) is 5.74. The van der Waals surface area contributed by atoms with Gasteiger partial charge in [0.1, 0.15) is 5.75 Å². The minimum Gasteiger partial charge on any atom is -0.496 e.